The first kappa shape index (κ1) is 15.0. The second-order valence-electron chi connectivity index (χ2n) is 6.24. The molecule has 3 aromatic rings. The van der Waals surface area contributed by atoms with Crippen LogP contribution in [0.1, 0.15) is 18.1 Å². The Bertz CT molecular complexity index is 795. The van der Waals surface area contributed by atoms with Crippen LogP contribution in [0.25, 0.3) is 11.3 Å². The van der Waals surface area contributed by atoms with Gasteiger partial charge >= 0.3 is 0 Å². The van der Waals surface area contributed by atoms with Crippen LogP contribution in [0, 0.1) is 0 Å². The third-order valence-electron chi connectivity index (χ3n) is 4.62. The van der Waals surface area contributed by atoms with E-state index in [1.54, 1.807) is 0 Å². The van der Waals surface area contributed by atoms with Crippen LogP contribution in [-0.4, -0.2) is 28.3 Å². The predicted molar refractivity (Wildman–Crippen MR) is 97.6 cm³/mol. The number of anilines is 1. The first-order valence-corrected chi connectivity index (χ1v) is 8.49. The normalized spacial score (nSPS) is 14.6. The molecule has 1 N–H and O–H groups in total. The van der Waals surface area contributed by atoms with Crippen LogP contribution in [0.5, 0.6) is 0 Å². The van der Waals surface area contributed by atoms with Crippen molar-refractivity contribution >= 4 is 5.82 Å². The minimum Gasteiger partial charge on any atom is -0.338 e. The highest BCUT2D eigenvalue weighted by Crippen LogP contribution is 2.34. The number of aromatic nitrogens is 2. The summed E-state index contributed by atoms with van der Waals surface area (Å²) >= 11 is 0. The summed E-state index contributed by atoms with van der Waals surface area (Å²) in [5.74, 6) is 1.09. The van der Waals surface area contributed by atoms with Crippen molar-refractivity contribution in [3.63, 3.8) is 0 Å². The van der Waals surface area contributed by atoms with Gasteiger partial charge in [0.05, 0.1) is 12.4 Å². The average Bonchev–Trinajstić information content (AvgIpc) is 3.07. The molecule has 1 aliphatic rings. The van der Waals surface area contributed by atoms with Crippen molar-refractivity contribution in [3.8, 4) is 11.3 Å². The second-order valence-corrected chi connectivity index (χ2v) is 6.24. The van der Waals surface area contributed by atoms with Crippen molar-refractivity contribution in [2.45, 2.75) is 20.0 Å². The molecular formula is C20H22N4. The van der Waals surface area contributed by atoms with Crippen LogP contribution in [0.15, 0.2) is 60.7 Å². The Morgan fingerprint density at radius 2 is 1.71 bits per heavy atom. The molecule has 1 aromatic heterocycles. The lowest BCUT2D eigenvalue weighted by molar-refractivity contribution is 0.264. The van der Waals surface area contributed by atoms with E-state index >= 15 is 0 Å². The van der Waals surface area contributed by atoms with E-state index in [0.29, 0.717) is 0 Å². The van der Waals surface area contributed by atoms with E-state index in [4.69, 9.17) is 0 Å². The number of H-pyrrole nitrogens is 1. The molecule has 122 valence electrons. The monoisotopic (exact) mass is 318 g/mol. The van der Waals surface area contributed by atoms with Gasteiger partial charge in [-0.3, -0.25) is 10.00 Å². The number of nitrogens with one attached hydrogen (secondary N) is 1. The van der Waals surface area contributed by atoms with E-state index in [9.17, 15) is 0 Å². The summed E-state index contributed by atoms with van der Waals surface area (Å²) < 4.78 is 0. The van der Waals surface area contributed by atoms with Crippen molar-refractivity contribution in [1.82, 2.24) is 15.1 Å². The van der Waals surface area contributed by atoms with E-state index < -0.39 is 0 Å². The van der Waals surface area contributed by atoms with E-state index in [1.165, 1.54) is 16.7 Å². The van der Waals surface area contributed by atoms with Crippen LogP contribution in [-0.2, 0) is 13.1 Å². The lowest BCUT2D eigenvalue weighted by Gasteiger charge is -2.35. The summed E-state index contributed by atoms with van der Waals surface area (Å²) in [6.45, 7) is 5.98. The zero-order valence-corrected chi connectivity index (χ0v) is 13.9. The maximum absolute atomic E-state index is 4.65. The van der Waals surface area contributed by atoms with E-state index in [2.05, 4.69) is 81.5 Å². The van der Waals surface area contributed by atoms with Gasteiger partial charge in [0.25, 0.3) is 0 Å². The van der Waals surface area contributed by atoms with Gasteiger partial charge < -0.3 is 4.90 Å². The molecule has 1 aliphatic heterocycles. The summed E-state index contributed by atoms with van der Waals surface area (Å²) in [5, 5.41) is 7.93. The summed E-state index contributed by atoms with van der Waals surface area (Å²) in [5.41, 5.74) is 4.95. The minimum absolute atomic E-state index is 0.878. The summed E-state index contributed by atoms with van der Waals surface area (Å²) in [6.07, 6.45) is 0. The number of benzene rings is 2. The molecule has 0 atom stereocenters. The maximum atomic E-state index is 4.65. The third-order valence-corrected chi connectivity index (χ3v) is 4.62. The SMILES string of the molecule is CCN1Cc2c(n[nH]c2-c2ccccc2)N(Cc2ccccc2)C1. The predicted octanol–water partition coefficient (Wildman–Crippen LogP) is 3.88. The van der Waals surface area contributed by atoms with Gasteiger partial charge in [-0.15, -0.1) is 0 Å². The van der Waals surface area contributed by atoms with Crippen molar-refractivity contribution in [2.75, 3.05) is 18.1 Å². The van der Waals surface area contributed by atoms with Gasteiger partial charge in [0, 0.05) is 18.7 Å². The third kappa shape index (κ3) is 2.81. The van der Waals surface area contributed by atoms with Crippen LogP contribution in [0.3, 0.4) is 0 Å². The summed E-state index contributed by atoms with van der Waals surface area (Å²) in [6, 6.07) is 21.1. The highest BCUT2D eigenvalue weighted by molar-refractivity contribution is 5.70. The van der Waals surface area contributed by atoms with Crippen LogP contribution < -0.4 is 4.90 Å². The highest BCUT2D eigenvalue weighted by Gasteiger charge is 2.27. The Morgan fingerprint density at radius 1 is 1.00 bits per heavy atom. The lowest BCUT2D eigenvalue weighted by Crippen LogP contribution is -2.41. The number of hydrogen-bond donors (Lipinski definition) is 1. The van der Waals surface area contributed by atoms with Gasteiger partial charge in [-0.05, 0) is 17.7 Å². The van der Waals surface area contributed by atoms with Gasteiger partial charge in [-0.1, -0.05) is 67.6 Å². The molecule has 0 aliphatic carbocycles. The maximum Gasteiger partial charge on any atom is 0.156 e. The molecule has 4 rings (SSSR count). The molecule has 0 bridgehead atoms. The van der Waals surface area contributed by atoms with Crippen molar-refractivity contribution in [2.24, 2.45) is 0 Å². The molecule has 0 amide bonds. The highest BCUT2D eigenvalue weighted by atomic mass is 15.4. The summed E-state index contributed by atoms with van der Waals surface area (Å²) in [7, 11) is 0. The van der Waals surface area contributed by atoms with E-state index in [-0.39, 0.29) is 0 Å². The Kier molecular flexibility index (Phi) is 4.05. The fraction of sp³-hybridized carbons (Fsp3) is 0.250. The molecule has 0 saturated carbocycles. The number of rotatable bonds is 4. The standard InChI is InChI=1S/C20H22N4/c1-2-23-14-18-19(17-11-7-4-8-12-17)21-22-20(18)24(15-23)13-16-9-5-3-6-10-16/h3-12H,2,13-15H2,1H3,(H,21,22). The Hall–Kier alpha value is -2.59. The molecule has 0 unspecified atom stereocenters. The largest absolute Gasteiger partial charge is 0.338 e. The van der Waals surface area contributed by atoms with Crippen LogP contribution in [0.4, 0.5) is 5.82 Å². The molecule has 4 nitrogen and oxygen atoms in total. The van der Waals surface area contributed by atoms with Crippen LogP contribution >= 0.6 is 0 Å². The smallest absolute Gasteiger partial charge is 0.156 e. The first-order valence-electron chi connectivity index (χ1n) is 8.49. The second kappa shape index (κ2) is 6.49. The van der Waals surface area contributed by atoms with Crippen molar-refractivity contribution < 1.29 is 0 Å². The molecular weight excluding hydrogens is 296 g/mol. The zero-order valence-electron chi connectivity index (χ0n) is 13.9. The number of aromatic amines is 1. The molecule has 0 spiro atoms. The number of nitrogens with zero attached hydrogens (tertiary/aromatic N) is 3. The van der Waals surface area contributed by atoms with Crippen molar-refractivity contribution in [3.05, 3.63) is 71.8 Å². The molecule has 4 heteroatoms. The topological polar surface area (TPSA) is 35.2 Å². The Morgan fingerprint density at radius 3 is 2.42 bits per heavy atom. The quantitative estimate of drug-likeness (QED) is 0.793. The van der Waals surface area contributed by atoms with Crippen LogP contribution in [0.2, 0.25) is 0 Å². The Labute approximate surface area is 142 Å². The molecule has 0 radical (unpaired) electrons. The molecule has 24 heavy (non-hydrogen) atoms. The van der Waals surface area contributed by atoms with Gasteiger partial charge in [0.2, 0.25) is 0 Å². The zero-order chi connectivity index (χ0) is 16.4. The molecule has 2 aromatic carbocycles. The van der Waals surface area contributed by atoms with Gasteiger partial charge in [-0.2, -0.15) is 5.10 Å². The van der Waals surface area contributed by atoms with E-state index in [0.717, 1.165) is 37.8 Å². The van der Waals surface area contributed by atoms with Gasteiger partial charge in [-0.25, -0.2) is 0 Å². The van der Waals surface area contributed by atoms with Crippen molar-refractivity contribution in [1.29, 1.82) is 0 Å². The average molecular weight is 318 g/mol. The Balaban J connectivity index is 1.70. The van der Waals surface area contributed by atoms with E-state index in [1.807, 2.05) is 6.07 Å². The number of fused-ring (bicyclic) bond motifs is 1. The molecule has 0 fully saturated rings. The fourth-order valence-electron chi connectivity index (χ4n) is 3.33. The minimum atomic E-state index is 0.878. The molecule has 0 saturated heterocycles. The fourth-order valence-corrected chi connectivity index (χ4v) is 3.33. The first-order chi connectivity index (χ1) is 11.8. The van der Waals surface area contributed by atoms with Gasteiger partial charge in [0.15, 0.2) is 5.82 Å². The number of hydrogen-bond acceptors (Lipinski definition) is 3. The van der Waals surface area contributed by atoms with Gasteiger partial charge in [0.1, 0.15) is 0 Å². The lowest BCUT2D eigenvalue weighted by atomic mass is 10.1. The summed E-state index contributed by atoms with van der Waals surface area (Å²) in [4.78, 5) is 4.81. The molecule has 2 heterocycles.